The molecule has 108 valence electrons. The molecule has 0 heterocycles. The summed E-state index contributed by atoms with van der Waals surface area (Å²) in [6.07, 6.45) is 3.29. The standard InChI is InChI=1S/C18H18O3/c1-20-18(19)14-8-4-9-15(12-14)21-17-11-5-7-13-6-2-3-10-16(13)17/h2-4,6,8-10,12,17H,5,7,11H2,1H3. The van der Waals surface area contributed by atoms with Gasteiger partial charge in [0.05, 0.1) is 12.7 Å². The van der Waals surface area contributed by atoms with E-state index in [1.165, 1.54) is 18.2 Å². The summed E-state index contributed by atoms with van der Waals surface area (Å²) >= 11 is 0. The van der Waals surface area contributed by atoms with Gasteiger partial charge in [-0.25, -0.2) is 4.79 Å². The zero-order chi connectivity index (χ0) is 14.7. The molecule has 1 aliphatic rings. The van der Waals surface area contributed by atoms with Gasteiger partial charge in [0.25, 0.3) is 0 Å². The van der Waals surface area contributed by atoms with Crippen molar-refractivity contribution in [3.63, 3.8) is 0 Å². The fourth-order valence-corrected chi connectivity index (χ4v) is 2.81. The predicted octanol–water partition coefficient (Wildman–Crippen LogP) is 3.93. The van der Waals surface area contributed by atoms with Gasteiger partial charge in [0.1, 0.15) is 11.9 Å². The minimum absolute atomic E-state index is 0.0582. The van der Waals surface area contributed by atoms with Gasteiger partial charge in [-0.05, 0) is 48.6 Å². The van der Waals surface area contributed by atoms with E-state index < -0.39 is 0 Å². The molecule has 3 rings (SSSR count). The lowest BCUT2D eigenvalue weighted by atomic mass is 9.89. The Hall–Kier alpha value is -2.29. The topological polar surface area (TPSA) is 35.5 Å². The molecule has 3 nitrogen and oxygen atoms in total. The van der Waals surface area contributed by atoms with E-state index in [4.69, 9.17) is 9.47 Å². The maximum atomic E-state index is 11.6. The van der Waals surface area contributed by atoms with Crippen molar-refractivity contribution >= 4 is 5.97 Å². The van der Waals surface area contributed by atoms with E-state index in [-0.39, 0.29) is 12.1 Å². The van der Waals surface area contributed by atoms with E-state index in [0.29, 0.717) is 11.3 Å². The van der Waals surface area contributed by atoms with Crippen LogP contribution in [0.25, 0.3) is 0 Å². The first-order chi connectivity index (χ1) is 10.3. The van der Waals surface area contributed by atoms with Crippen molar-refractivity contribution in [1.29, 1.82) is 0 Å². The molecular weight excluding hydrogens is 264 g/mol. The van der Waals surface area contributed by atoms with Crippen molar-refractivity contribution in [3.8, 4) is 5.75 Å². The Morgan fingerprint density at radius 1 is 1.14 bits per heavy atom. The second-order valence-corrected chi connectivity index (χ2v) is 5.22. The molecule has 0 aromatic heterocycles. The van der Waals surface area contributed by atoms with Crippen LogP contribution in [0.15, 0.2) is 48.5 Å². The van der Waals surface area contributed by atoms with Crippen LogP contribution in [0, 0.1) is 0 Å². The van der Waals surface area contributed by atoms with Crippen LogP contribution in [-0.4, -0.2) is 13.1 Å². The highest BCUT2D eigenvalue weighted by molar-refractivity contribution is 5.89. The fraction of sp³-hybridized carbons (Fsp3) is 0.278. The van der Waals surface area contributed by atoms with Crippen LogP contribution in [0.4, 0.5) is 0 Å². The van der Waals surface area contributed by atoms with Gasteiger partial charge in [0, 0.05) is 0 Å². The van der Waals surface area contributed by atoms with Crippen LogP contribution in [0.1, 0.15) is 40.4 Å². The Kier molecular flexibility index (Phi) is 3.91. The molecule has 3 heteroatoms. The molecule has 0 N–H and O–H groups in total. The first-order valence-corrected chi connectivity index (χ1v) is 7.21. The van der Waals surface area contributed by atoms with Gasteiger partial charge in [-0.3, -0.25) is 0 Å². The van der Waals surface area contributed by atoms with Crippen LogP contribution in [0.2, 0.25) is 0 Å². The van der Waals surface area contributed by atoms with Crippen molar-refractivity contribution < 1.29 is 14.3 Å². The fourth-order valence-electron chi connectivity index (χ4n) is 2.81. The number of hydrogen-bond acceptors (Lipinski definition) is 3. The van der Waals surface area contributed by atoms with Gasteiger partial charge in [-0.1, -0.05) is 30.3 Å². The molecule has 0 aliphatic heterocycles. The average Bonchev–Trinajstić information content (AvgIpc) is 2.55. The molecule has 0 spiro atoms. The minimum atomic E-state index is -0.343. The lowest BCUT2D eigenvalue weighted by molar-refractivity contribution is 0.0599. The van der Waals surface area contributed by atoms with E-state index in [2.05, 4.69) is 18.2 Å². The van der Waals surface area contributed by atoms with Gasteiger partial charge in [0.15, 0.2) is 0 Å². The number of ether oxygens (including phenoxy) is 2. The number of esters is 1. The predicted molar refractivity (Wildman–Crippen MR) is 80.5 cm³/mol. The smallest absolute Gasteiger partial charge is 0.337 e. The monoisotopic (exact) mass is 282 g/mol. The molecule has 0 amide bonds. The Morgan fingerprint density at radius 3 is 2.86 bits per heavy atom. The number of aryl methyl sites for hydroxylation is 1. The third-order valence-electron chi connectivity index (χ3n) is 3.85. The number of carbonyl (C=O) groups is 1. The normalized spacial score (nSPS) is 16.9. The summed E-state index contributed by atoms with van der Waals surface area (Å²) in [5, 5.41) is 0. The molecule has 21 heavy (non-hydrogen) atoms. The number of methoxy groups -OCH3 is 1. The molecule has 0 saturated heterocycles. The van der Waals surface area contributed by atoms with Crippen molar-refractivity contribution in [2.45, 2.75) is 25.4 Å². The molecule has 0 bridgehead atoms. The lowest BCUT2D eigenvalue weighted by Gasteiger charge is -2.26. The SMILES string of the molecule is COC(=O)c1cccc(OC2CCCc3ccccc32)c1. The second-order valence-electron chi connectivity index (χ2n) is 5.22. The number of fused-ring (bicyclic) bond motifs is 1. The first kappa shape index (κ1) is 13.7. The van der Waals surface area contributed by atoms with Crippen LogP contribution < -0.4 is 4.74 Å². The van der Waals surface area contributed by atoms with Gasteiger partial charge in [-0.15, -0.1) is 0 Å². The van der Waals surface area contributed by atoms with Gasteiger partial charge >= 0.3 is 5.97 Å². The Bertz CT molecular complexity index is 648. The van der Waals surface area contributed by atoms with Crippen molar-refractivity contribution in [3.05, 3.63) is 65.2 Å². The molecule has 1 atom stereocenters. The summed E-state index contributed by atoms with van der Waals surface area (Å²) in [7, 11) is 1.38. The van der Waals surface area contributed by atoms with Crippen molar-refractivity contribution in [2.75, 3.05) is 7.11 Å². The molecule has 1 unspecified atom stereocenters. The summed E-state index contributed by atoms with van der Waals surface area (Å²) < 4.78 is 10.9. The molecule has 0 fully saturated rings. The number of rotatable bonds is 3. The van der Waals surface area contributed by atoms with Crippen LogP contribution in [0.5, 0.6) is 5.75 Å². The number of hydrogen-bond donors (Lipinski definition) is 0. The minimum Gasteiger partial charge on any atom is -0.486 e. The molecule has 0 saturated carbocycles. The van der Waals surface area contributed by atoms with E-state index in [1.54, 1.807) is 12.1 Å². The Labute approximate surface area is 124 Å². The maximum absolute atomic E-state index is 11.6. The van der Waals surface area contributed by atoms with Crippen LogP contribution >= 0.6 is 0 Å². The zero-order valence-corrected chi connectivity index (χ0v) is 12.0. The molecule has 1 aliphatic carbocycles. The van der Waals surface area contributed by atoms with Crippen LogP contribution in [0.3, 0.4) is 0 Å². The lowest BCUT2D eigenvalue weighted by Crippen LogP contribution is -2.15. The maximum Gasteiger partial charge on any atom is 0.337 e. The third kappa shape index (κ3) is 2.92. The molecule has 0 radical (unpaired) electrons. The number of benzene rings is 2. The Balaban J connectivity index is 1.83. The highest BCUT2D eigenvalue weighted by Crippen LogP contribution is 2.33. The van der Waals surface area contributed by atoms with Gasteiger partial charge < -0.3 is 9.47 Å². The molecular formula is C18H18O3. The van der Waals surface area contributed by atoms with Crippen LogP contribution in [-0.2, 0) is 11.2 Å². The van der Waals surface area contributed by atoms with E-state index in [9.17, 15) is 4.79 Å². The highest BCUT2D eigenvalue weighted by Gasteiger charge is 2.21. The average molecular weight is 282 g/mol. The second kappa shape index (κ2) is 6.00. The summed E-state index contributed by atoms with van der Waals surface area (Å²) in [4.78, 5) is 11.6. The first-order valence-electron chi connectivity index (χ1n) is 7.21. The van der Waals surface area contributed by atoms with Gasteiger partial charge in [0.2, 0.25) is 0 Å². The summed E-state index contributed by atoms with van der Waals surface area (Å²) in [6, 6.07) is 15.6. The van der Waals surface area contributed by atoms with Crippen molar-refractivity contribution in [1.82, 2.24) is 0 Å². The highest BCUT2D eigenvalue weighted by atomic mass is 16.5. The zero-order valence-electron chi connectivity index (χ0n) is 12.0. The van der Waals surface area contributed by atoms with E-state index >= 15 is 0 Å². The quantitative estimate of drug-likeness (QED) is 0.800. The summed E-state index contributed by atoms with van der Waals surface area (Å²) in [6.45, 7) is 0. The van der Waals surface area contributed by atoms with E-state index in [1.807, 2.05) is 18.2 Å². The Morgan fingerprint density at radius 2 is 2.00 bits per heavy atom. The molecule has 2 aromatic rings. The molecule has 2 aromatic carbocycles. The summed E-state index contributed by atoms with van der Waals surface area (Å²) in [5.74, 6) is 0.365. The largest absolute Gasteiger partial charge is 0.486 e. The van der Waals surface area contributed by atoms with Crippen molar-refractivity contribution in [2.24, 2.45) is 0 Å². The summed E-state index contributed by atoms with van der Waals surface area (Å²) in [5.41, 5.74) is 3.13. The van der Waals surface area contributed by atoms with E-state index in [0.717, 1.165) is 19.3 Å². The third-order valence-corrected chi connectivity index (χ3v) is 3.85. The number of carbonyl (C=O) groups excluding carboxylic acids is 1. The van der Waals surface area contributed by atoms with Gasteiger partial charge in [-0.2, -0.15) is 0 Å².